The van der Waals surface area contributed by atoms with Crippen molar-refractivity contribution in [3.63, 3.8) is 0 Å². The summed E-state index contributed by atoms with van der Waals surface area (Å²) in [5.74, 6) is 0.996. The molecule has 3 rings (SSSR count). The van der Waals surface area contributed by atoms with Crippen LogP contribution in [0.4, 0.5) is 4.39 Å². The van der Waals surface area contributed by atoms with Gasteiger partial charge in [0, 0.05) is 6.42 Å². The summed E-state index contributed by atoms with van der Waals surface area (Å²) >= 11 is 0. The van der Waals surface area contributed by atoms with Gasteiger partial charge in [0.15, 0.2) is 11.5 Å². The van der Waals surface area contributed by atoms with Crippen LogP contribution in [0.1, 0.15) is 12.0 Å². The fourth-order valence-electron chi connectivity index (χ4n) is 2.43. The summed E-state index contributed by atoms with van der Waals surface area (Å²) in [6.07, 6.45) is 0.399. The number of fused-ring (bicyclic) bond motifs is 1. The number of rotatable bonds is 5. The maximum Gasteiger partial charge on any atom is 0.220 e. The van der Waals surface area contributed by atoms with Gasteiger partial charge in [-0.2, -0.15) is 0 Å². The monoisotopic (exact) mass is 315 g/mol. The van der Waals surface area contributed by atoms with Gasteiger partial charge < -0.3 is 14.8 Å². The highest BCUT2D eigenvalue weighted by Crippen LogP contribution is 2.30. The van der Waals surface area contributed by atoms with Gasteiger partial charge >= 0.3 is 0 Å². The van der Waals surface area contributed by atoms with Crippen LogP contribution in [0, 0.1) is 5.82 Å². The highest BCUT2D eigenvalue weighted by atomic mass is 19.1. The van der Waals surface area contributed by atoms with E-state index < -0.39 is 0 Å². The van der Waals surface area contributed by atoms with E-state index in [-0.39, 0.29) is 24.2 Å². The Labute approximate surface area is 134 Å². The fourth-order valence-corrected chi connectivity index (χ4v) is 2.43. The molecule has 0 unspecified atom stereocenters. The first kappa shape index (κ1) is 15.3. The lowest BCUT2D eigenvalue weighted by Crippen LogP contribution is -2.40. The number of nitrogens with one attached hydrogen (secondary N) is 1. The molecule has 2 aromatic rings. The van der Waals surface area contributed by atoms with E-state index in [0.29, 0.717) is 30.9 Å². The van der Waals surface area contributed by atoms with E-state index in [2.05, 4.69) is 5.32 Å². The van der Waals surface area contributed by atoms with E-state index in [1.165, 1.54) is 6.07 Å². The molecule has 0 aliphatic carbocycles. The Bertz CT molecular complexity index is 689. The second-order valence-electron chi connectivity index (χ2n) is 5.39. The van der Waals surface area contributed by atoms with Crippen LogP contribution in [0.2, 0.25) is 0 Å². The number of amides is 1. The number of benzene rings is 2. The first-order valence-electron chi connectivity index (χ1n) is 7.61. The van der Waals surface area contributed by atoms with Crippen molar-refractivity contribution in [2.45, 2.75) is 18.9 Å². The molecule has 1 heterocycles. The quantitative estimate of drug-likeness (QED) is 0.923. The number of aryl methyl sites for hydroxylation is 1. The van der Waals surface area contributed by atoms with Gasteiger partial charge in [0.25, 0.3) is 0 Å². The van der Waals surface area contributed by atoms with Crippen molar-refractivity contribution in [2.75, 3.05) is 13.2 Å². The van der Waals surface area contributed by atoms with Gasteiger partial charge in [0.1, 0.15) is 18.5 Å². The van der Waals surface area contributed by atoms with Crippen LogP contribution in [0.15, 0.2) is 48.5 Å². The largest absolute Gasteiger partial charge is 0.486 e. The van der Waals surface area contributed by atoms with E-state index in [1.54, 1.807) is 18.2 Å². The Morgan fingerprint density at radius 1 is 1.13 bits per heavy atom. The van der Waals surface area contributed by atoms with Crippen molar-refractivity contribution in [1.82, 2.24) is 5.32 Å². The molecule has 0 radical (unpaired) electrons. The van der Waals surface area contributed by atoms with Gasteiger partial charge in [0.05, 0.1) is 6.54 Å². The summed E-state index contributed by atoms with van der Waals surface area (Å²) in [5.41, 5.74) is 0.550. The third kappa shape index (κ3) is 4.00. The summed E-state index contributed by atoms with van der Waals surface area (Å²) in [7, 11) is 0. The van der Waals surface area contributed by atoms with Crippen molar-refractivity contribution < 1.29 is 18.7 Å². The Balaban J connectivity index is 1.44. The van der Waals surface area contributed by atoms with E-state index in [9.17, 15) is 9.18 Å². The number of carbonyl (C=O) groups is 1. The molecular weight excluding hydrogens is 297 g/mol. The topological polar surface area (TPSA) is 47.6 Å². The molecule has 1 N–H and O–H groups in total. The van der Waals surface area contributed by atoms with Crippen molar-refractivity contribution in [3.05, 3.63) is 59.9 Å². The molecule has 0 saturated heterocycles. The summed E-state index contributed by atoms with van der Waals surface area (Å²) in [6.45, 7) is 0.759. The van der Waals surface area contributed by atoms with Crippen LogP contribution in [0.25, 0.3) is 0 Å². The molecule has 5 heteroatoms. The average molecular weight is 315 g/mol. The molecule has 1 amide bonds. The lowest BCUT2D eigenvalue weighted by molar-refractivity contribution is -0.121. The maximum atomic E-state index is 13.5. The smallest absolute Gasteiger partial charge is 0.220 e. The van der Waals surface area contributed by atoms with Crippen LogP contribution < -0.4 is 14.8 Å². The Morgan fingerprint density at radius 3 is 2.70 bits per heavy atom. The highest BCUT2D eigenvalue weighted by Gasteiger charge is 2.20. The molecule has 120 valence electrons. The van der Waals surface area contributed by atoms with Crippen LogP contribution in [-0.4, -0.2) is 25.2 Å². The standard InChI is InChI=1S/C18H18FNO3/c19-15-6-2-1-5-13(15)9-10-18(21)20-11-14-12-22-16-7-3-4-8-17(16)23-14/h1-8,14H,9-12H2,(H,20,21)/t14-/m0/s1. The fraction of sp³-hybridized carbons (Fsp3) is 0.278. The van der Waals surface area contributed by atoms with Gasteiger partial charge in [-0.1, -0.05) is 30.3 Å². The second kappa shape index (κ2) is 7.13. The predicted octanol–water partition coefficient (Wildman–Crippen LogP) is 2.71. The van der Waals surface area contributed by atoms with E-state index in [4.69, 9.17) is 9.47 Å². The SMILES string of the molecule is O=C(CCc1ccccc1F)NC[C@H]1COc2ccccc2O1. The van der Waals surface area contributed by atoms with Crippen LogP contribution in [0.3, 0.4) is 0 Å². The lowest BCUT2D eigenvalue weighted by Gasteiger charge is -2.26. The van der Waals surface area contributed by atoms with E-state index in [1.807, 2.05) is 24.3 Å². The molecule has 0 bridgehead atoms. The van der Waals surface area contributed by atoms with Crippen molar-refractivity contribution in [2.24, 2.45) is 0 Å². The zero-order valence-electron chi connectivity index (χ0n) is 12.6. The molecule has 0 fully saturated rings. The minimum absolute atomic E-state index is 0.129. The molecule has 0 aromatic heterocycles. The first-order valence-corrected chi connectivity index (χ1v) is 7.61. The number of halogens is 1. The maximum absolute atomic E-state index is 13.5. The summed E-state index contributed by atoms with van der Waals surface area (Å²) in [6, 6.07) is 13.9. The van der Waals surface area contributed by atoms with Gasteiger partial charge in [-0.25, -0.2) is 4.39 Å². The van der Waals surface area contributed by atoms with Crippen LogP contribution >= 0.6 is 0 Å². The Kier molecular flexibility index (Phi) is 4.76. The zero-order valence-corrected chi connectivity index (χ0v) is 12.6. The van der Waals surface area contributed by atoms with Crippen LogP contribution in [0.5, 0.6) is 11.5 Å². The minimum atomic E-state index is -0.277. The van der Waals surface area contributed by atoms with Crippen molar-refractivity contribution in [1.29, 1.82) is 0 Å². The van der Waals surface area contributed by atoms with E-state index in [0.717, 1.165) is 5.75 Å². The second-order valence-corrected chi connectivity index (χ2v) is 5.39. The summed E-state index contributed by atoms with van der Waals surface area (Å²) in [5, 5.41) is 2.81. The van der Waals surface area contributed by atoms with Gasteiger partial charge in [-0.3, -0.25) is 4.79 Å². The van der Waals surface area contributed by atoms with Gasteiger partial charge in [-0.15, -0.1) is 0 Å². The normalized spacial score (nSPS) is 16.0. The Hall–Kier alpha value is -2.56. The Morgan fingerprint density at radius 2 is 1.87 bits per heavy atom. The first-order chi connectivity index (χ1) is 11.2. The predicted molar refractivity (Wildman–Crippen MR) is 84.1 cm³/mol. The third-order valence-corrected chi connectivity index (χ3v) is 3.67. The van der Waals surface area contributed by atoms with E-state index >= 15 is 0 Å². The number of carbonyl (C=O) groups excluding carboxylic acids is 1. The molecule has 1 aliphatic rings. The molecule has 23 heavy (non-hydrogen) atoms. The summed E-state index contributed by atoms with van der Waals surface area (Å²) in [4.78, 5) is 11.9. The summed E-state index contributed by atoms with van der Waals surface area (Å²) < 4.78 is 24.8. The number of hydrogen-bond acceptors (Lipinski definition) is 3. The molecule has 0 spiro atoms. The lowest BCUT2D eigenvalue weighted by atomic mass is 10.1. The number of para-hydroxylation sites is 2. The number of hydrogen-bond donors (Lipinski definition) is 1. The molecule has 4 nitrogen and oxygen atoms in total. The minimum Gasteiger partial charge on any atom is -0.486 e. The van der Waals surface area contributed by atoms with Crippen LogP contribution in [-0.2, 0) is 11.2 Å². The molecule has 1 aliphatic heterocycles. The molecular formula is C18H18FNO3. The van der Waals surface area contributed by atoms with Gasteiger partial charge in [-0.05, 0) is 30.2 Å². The van der Waals surface area contributed by atoms with Crippen molar-refractivity contribution in [3.8, 4) is 11.5 Å². The highest BCUT2D eigenvalue weighted by molar-refractivity contribution is 5.76. The molecule has 2 aromatic carbocycles. The average Bonchev–Trinajstić information content (AvgIpc) is 2.59. The molecule has 1 atom stereocenters. The number of ether oxygens (including phenoxy) is 2. The van der Waals surface area contributed by atoms with Crippen molar-refractivity contribution >= 4 is 5.91 Å². The third-order valence-electron chi connectivity index (χ3n) is 3.67. The van der Waals surface area contributed by atoms with Gasteiger partial charge in [0.2, 0.25) is 5.91 Å². The zero-order chi connectivity index (χ0) is 16.1. The molecule has 0 saturated carbocycles.